The maximum atomic E-state index is 12.0. The molecule has 4 heteroatoms. The highest BCUT2D eigenvalue weighted by Crippen LogP contribution is 2.21. The van der Waals surface area contributed by atoms with Gasteiger partial charge in [-0.15, -0.1) is 0 Å². The van der Waals surface area contributed by atoms with Gasteiger partial charge < -0.3 is 5.73 Å². The lowest BCUT2D eigenvalue weighted by atomic mass is 9.91. The van der Waals surface area contributed by atoms with Crippen LogP contribution < -0.4 is 5.73 Å². The molecule has 90 valence electrons. The van der Waals surface area contributed by atoms with Crippen LogP contribution in [0.3, 0.4) is 0 Å². The van der Waals surface area contributed by atoms with Gasteiger partial charge in [-0.05, 0) is 36.6 Å². The van der Waals surface area contributed by atoms with E-state index in [9.17, 15) is 4.21 Å². The van der Waals surface area contributed by atoms with Crippen molar-refractivity contribution in [1.82, 2.24) is 0 Å². The number of hydrogen-bond donors (Lipinski definition) is 1. The Morgan fingerprint density at radius 3 is 2.69 bits per heavy atom. The summed E-state index contributed by atoms with van der Waals surface area (Å²) in [6.07, 6.45) is 0.850. The van der Waals surface area contributed by atoms with Crippen LogP contribution >= 0.6 is 11.6 Å². The molecule has 1 unspecified atom stereocenters. The van der Waals surface area contributed by atoms with Gasteiger partial charge in [-0.3, -0.25) is 4.21 Å². The van der Waals surface area contributed by atoms with Crippen LogP contribution in [0.5, 0.6) is 0 Å². The average molecular weight is 260 g/mol. The van der Waals surface area contributed by atoms with Crippen molar-refractivity contribution in [1.29, 1.82) is 0 Å². The van der Waals surface area contributed by atoms with Gasteiger partial charge in [0.2, 0.25) is 0 Å². The smallest absolute Gasteiger partial charge is 0.0530 e. The van der Waals surface area contributed by atoms with Gasteiger partial charge in [-0.2, -0.15) is 0 Å². The third-order valence-electron chi connectivity index (χ3n) is 2.58. The molecule has 0 aromatic heterocycles. The number of hydrogen-bond acceptors (Lipinski definition) is 2. The number of benzene rings is 1. The van der Waals surface area contributed by atoms with E-state index >= 15 is 0 Å². The first kappa shape index (κ1) is 13.7. The Morgan fingerprint density at radius 1 is 1.44 bits per heavy atom. The minimum atomic E-state index is -0.982. The fourth-order valence-electron chi connectivity index (χ4n) is 1.20. The third-order valence-corrected chi connectivity index (χ3v) is 4.17. The molecule has 0 spiro atoms. The zero-order valence-corrected chi connectivity index (χ0v) is 11.3. The predicted octanol–water partition coefficient (Wildman–Crippen LogP) is 2.82. The fourth-order valence-corrected chi connectivity index (χ4v) is 2.91. The fraction of sp³-hybridized carbons (Fsp3) is 0.500. The van der Waals surface area contributed by atoms with E-state index in [-0.39, 0.29) is 5.41 Å². The second-order valence-electron chi connectivity index (χ2n) is 4.63. The minimum Gasteiger partial charge on any atom is -0.330 e. The first-order valence-corrected chi connectivity index (χ1v) is 6.98. The van der Waals surface area contributed by atoms with Crippen molar-refractivity contribution in [3.05, 3.63) is 29.3 Å². The molecule has 0 amide bonds. The van der Waals surface area contributed by atoms with Crippen molar-refractivity contribution in [2.24, 2.45) is 11.1 Å². The Morgan fingerprint density at radius 2 is 2.12 bits per heavy atom. The highest BCUT2D eigenvalue weighted by Gasteiger charge is 2.17. The van der Waals surface area contributed by atoms with Gasteiger partial charge in [0.05, 0.1) is 10.8 Å². The molecule has 0 bridgehead atoms. The maximum absolute atomic E-state index is 12.0. The van der Waals surface area contributed by atoms with Crippen LogP contribution in [-0.2, 0) is 10.8 Å². The van der Waals surface area contributed by atoms with Crippen molar-refractivity contribution < 1.29 is 4.21 Å². The molecule has 0 saturated heterocycles. The predicted molar refractivity (Wildman–Crippen MR) is 70.2 cm³/mol. The summed E-state index contributed by atoms with van der Waals surface area (Å²) in [5.74, 6) is 0.630. The van der Waals surface area contributed by atoms with Crippen LogP contribution in [0.1, 0.15) is 20.3 Å². The summed E-state index contributed by atoms with van der Waals surface area (Å²) in [4.78, 5) is 0.792. The van der Waals surface area contributed by atoms with Gasteiger partial charge in [0.15, 0.2) is 0 Å². The molecule has 2 nitrogen and oxygen atoms in total. The van der Waals surface area contributed by atoms with Gasteiger partial charge in [-0.25, -0.2) is 0 Å². The molecule has 1 rings (SSSR count). The normalized spacial score (nSPS) is 13.8. The summed E-state index contributed by atoms with van der Waals surface area (Å²) in [7, 11) is -0.982. The number of nitrogens with two attached hydrogens (primary N) is 1. The Bertz CT molecular complexity index is 379. The molecule has 0 aliphatic heterocycles. The van der Waals surface area contributed by atoms with E-state index in [1.165, 1.54) is 0 Å². The summed E-state index contributed by atoms with van der Waals surface area (Å²) < 4.78 is 12.0. The SMILES string of the molecule is CC(C)(CN)CCS(=O)c1cccc(Cl)c1. The van der Waals surface area contributed by atoms with Crippen LogP contribution in [0.4, 0.5) is 0 Å². The van der Waals surface area contributed by atoms with Crippen LogP contribution in [0.2, 0.25) is 5.02 Å². The molecule has 0 radical (unpaired) electrons. The molecule has 0 heterocycles. The third kappa shape index (κ3) is 4.24. The second kappa shape index (κ2) is 5.80. The van der Waals surface area contributed by atoms with Crippen LogP contribution in [0.25, 0.3) is 0 Å². The molecule has 1 aromatic rings. The summed E-state index contributed by atoms with van der Waals surface area (Å²) in [5.41, 5.74) is 5.69. The van der Waals surface area contributed by atoms with E-state index in [1.807, 2.05) is 12.1 Å². The monoisotopic (exact) mass is 259 g/mol. The highest BCUT2D eigenvalue weighted by molar-refractivity contribution is 7.85. The van der Waals surface area contributed by atoms with Crippen molar-refractivity contribution in [3.8, 4) is 0 Å². The Balaban J connectivity index is 2.60. The molecular formula is C12H18ClNOS. The standard InChI is InChI=1S/C12H18ClNOS/c1-12(2,9-14)6-7-16(15)11-5-3-4-10(13)8-11/h3-5,8H,6-7,9,14H2,1-2H3. The zero-order chi connectivity index (χ0) is 12.2. The van der Waals surface area contributed by atoms with E-state index in [0.717, 1.165) is 11.3 Å². The van der Waals surface area contributed by atoms with E-state index in [2.05, 4.69) is 13.8 Å². The van der Waals surface area contributed by atoms with Crippen LogP contribution in [-0.4, -0.2) is 16.5 Å². The topological polar surface area (TPSA) is 43.1 Å². The number of rotatable bonds is 5. The lowest BCUT2D eigenvalue weighted by Gasteiger charge is -2.21. The van der Waals surface area contributed by atoms with Crippen molar-refractivity contribution in [3.63, 3.8) is 0 Å². The Labute approximate surface area is 105 Å². The molecule has 1 aromatic carbocycles. The van der Waals surface area contributed by atoms with Crippen molar-refractivity contribution in [2.75, 3.05) is 12.3 Å². The minimum absolute atomic E-state index is 0.0498. The summed E-state index contributed by atoms with van der Waals surface area (Å²) in [6.45, 7) is 4.78. The zero-order valence-electron chi connectivity index (χ0n) is 9.70. The molecule has 2 N–H and O–H groups in total. The lowest BCUT2D eigenvalue weighted by molar-refractivity contribution is 0.367. The molecule has 0 aliphatic carbocycles. The van der Waals surface area contributed by atoms with Gasteiger partial charge in [0.1, 0.15) is 0 Å². The van der Waals surface area contributed by atoms with E-state index in [1.54, 1.807) is 12.1 Å². The summed E-state index contributed by atoms with van der Waals surface area (Å²) in [6, 6.07) is 7.21. The first-order valence-electron chi connectivity index (χ1n) is 5.29. The van der Waals surface area contributed by atoms with E-state index in [0.29, 0.717) is 17.3 Å². The Kier molecular flexibility index (Phi) is 4.96. The molecule has 0 aliphatic rings. The highest BCUT2D eigenvalue weighted by atomic mass is 35.5. The van der Waals surface area contributed by atoms with Gasteiger partial charge in [0.25, 0.3) is 0 Å². The largest absolute Gasteiger partial charge is 0.330 e. The molecule has 1 atom stereocenters. The molecule has 16 heavy (non-hydrogen) atoms. The van der Waals surface area contributed by atoms with E-state index < -0.39 is 10.8 Å². The second-order valence-corrected chi connectivity index (χ2v) is 6.63. The Hall–Kier alpha value is -0.380. The lowest BCUT2D eigenvalue weighted by Crippen LogP contribution is -2.25. The van der Waals surface area contributed by atoms with Gasteiger partial charge in [-0.1, -0.05) is 31.5 Å². The quantitative estimate of drug-likeness (QED) is 0.884. The van der Waals surface area contributed by atoms with Crippen LogP contribution in [0.15, 0.2) is 29.2 Å². The van der Waals surface area contributed by atoms with Crippen molar-refractivity contribution in [2.45, 2.75) is 25.2 Å². The van der Waals surface area contributed by atoms with E-state index in [4.69, 9.17) is 17.3 Å². The van der Waals surface area contributed by atoms with Crippen LogP contribution in [0, 0.1) is 5.41 Å². The van der Waals surface area contributed by atoms with Gasteiger partial charge in [0, 0.05) is 15.7 Å². The maximum Gasteiger partial charge on any atom is 0.0530 e. The number of halogens is 1. The average Bonchev–Trinajstić information content (AvgIpc) is 2.26. The molecular weight excluding hydrogens is 242 g/mol. The molecule has 0 saturated carbocycles. The van der Waals surface area contributed by atoms with Crippen molar-refractivity contribution >= 4 is 22.4 Å². The molecule has 0 fully saturated rings. The van der Waals surface area contributed by atoms with Gasteiger partial charge >= 0.3 is 0 Å². The first-order chi connectivity index (χ1) is 7.44. The summed E-state index contributed by atoms with van der Waals surface area (Å²) >= 11 is 5.85. The summed E-state index contributed by atoms with van der Waals surface area (Å²) in [5, 5.41) is 0.629.